The van der Waals surface area contributed by atoms with E-state index >= 15 is 0 Å². The molecule has 0 radical (unpaired) electrons. The van der Waals surface area contributed by atoms with Gasteiger partial charge >= 0.3 is 5.97 Å². The van der Waals surface area contributed by atoms with E-state index < -0.39 is 12.0 Å². The number of carbonyl (C=O) groups is 1. The minimum absolute atomic E-state index is 0.0153. The number of aromatic nitrogens is 1. The van der Waals surface area contributed by atoms with E-state index in [1.165, 1.54) is 0 Å². The predicted octanol–water partition coefficient (Wildman–Crippen LogP) is 2.37. The largest absolute Gasteiger partial charge is 0.480 e. The molecule has 0 fully saturated rings. The quantitative estimate of drug-likeness (QED) is 0.884. The Morgan fingerprint density at radius 3 is 2.67 bits per heavy atom. The molecule has 1 rings (SSSR count). The highest BCUT2D eigenvalue weighted by molar-refractivity contribution is 9.10. The topological polar surface area (TPSA) is 62.2 Å². The zero-order valence-electron chi connectivity index (χ0n) is 8.57. The van der Waals surface area contributed by atoms with Gasteiger partial charge in [0, 0.05) is 10.7 Å². The summed E-state index contributed by atoms with van der Waals surface area (Å²) < 4.78 is 0.820. The van der Waals surface area contributed by atoms with Crippen LogP contribution in [0, 0.1) is 5.92 Å². The van der Waals surface area contributed by atoms with Gasteiger partial charge in [-0.05, 0) is 27.9 Å². The lowest BCUT2D eigenvalue weighted by Crippen LogP contribution is -2.34. The summed E-state index contributed by atoms with van der Waals surface area (Å²) in [7, 11) is 0. The Morgan fingerprint density at radius 1 is 1.53 bits per heavy atom. The number of halogens is 1. The molecule has 1 aromatic rings. The Morgan fingerprint density at radius 2 is 2.20 bits per heavy atom. The fourth-order valence-electron chi connectivity index (χ4n) is 1.18. The Balaban J connectivity index is 2.79. The van der Waals surface area contributed by atoms with Crippen molar-refractivity contribution in [1.82, 2.24) is 4.98 Å². The zero-order chi connectivity index (χ0) is 11.4. The molecule has 0 bridgehead atoms. The van der Waals surface area contributed by atoms with Crippen LogP contribution in [-0.2, 0) is 4.79 Å². The predicted molar refractivity (Wildman–Crippen MR) is 61.8 cm³/mol. The van der Waals surface area contributed by atoms with Crippen LogP contribution >= 0.6 is 15.9 Å². The van der Waals surface area contributed by atoms with Gasteiger partial charge in [0.05, 0.1) is 11.9 Å². The van der Waals surface area contributed by atoms with Crippen LogP contribution in [0.1, 0.15) is 13.8 Å². The molecule has 0 aliphatic carbocycles. The van der Waals surface area contributed by atoms with E-state index in [-0.39, 0.29) is 5.92 Å². The fourth-order valence-corrected chi connectivity index (χ4v) is 1.55. The highest BCUT2D eigenvalue weighted by Gasteiger charge is 2.20. The molecule has 1 heterocycles. The summed E-state index contributed by atoms with van der Waals surface area (Å²) >= 11 is 3.28. The monoisotopic (exact) mass is 272 g/mol. The van der Waals surface area contributed by atoms with E-state index in [0.717, 1.165) is 4.47 Å². The maximum absolute atomic E-state index is 10.9. The summed E-state index contributed by atoms with van der Waals surface area (Å²) in [5.41, 5.74) is 0.700. The van der Waals surface area contributed by atoms with Crippen LogP contribution in [0.4, 0.5) is 5.69 Å². The average Bonchev–Trinajstić information content (AvgIpc) is 2.13. The lowest BCUT2D eigenvalue weighted by molar-refractivity contribution is -0.138. The van der Waals surface area contributed by atoms with Gasteiger partial charge in [0.15, 0.2) is 0 Å². The molecular formula is C10H13BrN2O2. The van der Waals surface area contributed by atoms with Crippen molar-refractivity contribution in [3.05, 3.63) is 22.9 Å². The zero-order valence-corrected chi connectivity index (χ0v) is 10.2. The summed E-state index contributed by atoms with van der Waals surface area (Å²) in [6, 6.07) is 1.20. The number of carboxylic acids is 1. The molecule has 1 aromatic heterocycles. The first-order chi connectivity index (χ1) is 7.00. The minimum Gasteiger partial charge on any atom is -0.480 e. The summed E-state index contributed by atoms with van der Waals surface area (Å²) in [5, 5.41) is 11.9. The number of anilines is 1. The molecule has 5 heteroatoms. The normalized spacial score (nSPS) is 12.5. The summed E-state index contributed by atoms with van der Waals surface area (Å²) in [4.78, 5) is 14.9. The fraction of sp³-hybridized carbons (Fsp3) is 0.400. The van der Waals surface area contributed by atoms with Crippen molar-refractivity contribution in [2.45, 2.75) is 19.9 Å². The van der Waals surface area contributed by atoms with E-state index in [1.54, 1.807) is 18.5 Å². The van der Waals surface area contributed by atoms with Crippen LogP contribution in [-0.4, -0.2) is 22.1 Å². The molecule has 0 spiro atoms. The van der Waals surface area contributed by atoms with E-state index in [4.69, 9.17) is 5.11 Å². The van der Waals surface area contributed by atoms with E-state index in [1.807, 2.05) is 13.8 Å². The molecule has 4 nitrogen and oxygen atoms in total. The first-order valence-electron chi connectivity index (χ1n) is 4.60. The van der Waals surface area contributed by atoms with E-state index in [9.17, 15) is 4.79 Å². The van der Waals surface area contributed by atoms with Crippen molar-refractivity contribution in [1.29, 1.82) is 0 Å². The standard InChI is InChI=1S/C10H13BrN2O2/c1-6(2)9(10(14)15)13-8-3-7(11)4-12-5-8/h3-6,9,13H,1-2H3,(H,14,15)/t9-/m0/s1. The number of carboxylic acid groups (broad SMARTS) is 1. The second-order valence-electron chi connectivity index (χ2n) is 3.60. The third kappa shape index (κ3) is 3.51. The molecule has 0 saturated carbocycles. The average molecular weight is 273 g/mol. The van der Waals surface area contributed by atoms with Crippen LogP contribution in [0.2, 0.25) is 0 Å². The number of nitrogens with zero attached hydrogens (tertiary/aromatic N) is 1. The highest BCUT2D eigenvalue weighted by atomic mass is 79.9. The number of aliphatic carboxylic acids is 1. The second kappa shape index (κ2) is 5.11. The van der Waals surface area contributed by atoms with Crippen molar-refractivity contribution in [2.24, 2.45) is 5.92 Å². The van der Waals surface area contributed by atoms with Crippen molar-refractivity contribution >= 4 is 27.6 Å². The SMILES string of the molecule is CC(C)[C@H](Nc1cncc(Br)c1)C(=O)O. The van der Waals surface area contributed by atoms with Crippen LogP contribution in [0.25, 0.3) is 0 Å². The molecule has 0 aliphatic heterocycles. The number of nitrogens with one attached hydrogen (secondary N) is 1. The molecule has 0 unspecified atom stereocenters. The highest BCUT2D eigenvalue weighted by Crippen LogP contribution is 2.16. The Hall–Kier alpha value is -1.10. The van der Waals surface area contributed by atoms with Crippen molar-refractivity contribution in [3.63, 3.8) is 0 Å². The van der Waals surface area contributed by atoms with Crippen molar-refractivity contribution < 1.29 is 9.90 Å². The molecule has 82 valence electrons. The van der Waals surface area contributed by atoms with Gasteiger partial charge in [-0.25, -0.2) is 4.79 Å². The number of hydrogen-bond acceptors (Lipinski definition) is 3. The minimum atomic E-state index is -0.857. The molecule has 1 atom stereocenters. The number of hydrogen-bond donors (Lipinski definition) is 2. The van der Waals surface area contributed by atoms with Gasteiger partial charge in [-0.15, -0.1) is 0 Å². The first-order valence-corrected chi connectivity index (χ1v) is 5.40. The third-order valence-electron chi connectivity index (χ3n) is 1.96. The van der Waals surface area contributed by atoms with E-state index in [0.29, 0.717) is 5.69 Å². The van der Waals surface area contributed by atoms with Gasteiger partial charge in [0.1, 0.15) is 6.04 Å². The molecule has 0 aliphatic rings. The van der Waals surface area contributed by atoms with Gasteiger partial charge in [-0.3, -0.25) is 4.98 Å². The number of rotatable bonds is 4. The molecule has 15 heavy (non-hydrogen) atoms. The Labute approximate surface area is 96.8 Å². The third-order valence-corrected chi connectivity index (χ3v) is 2.39. The molecule has 0 aromatic carbocycles. The Kier molecular flexibility index (Phi) is 4.08. The van der Waals surface area contributed by atoms with Gasteiger partial charge < -0.3 is 10.4 Å². The maximum atomic E-state index is 10.9. The lowest BCUT2D eigenvalue weighted by atomic mass is 10.0. The first kappa shape index (κ1) is 12.0. The van der Waals surface area contributed by atoms with E-state index in [2.05, 4.69) is 26.2 Å². The van der Waals surface area contributed by atoms with Crippen LogP contribution in [0.5, 0.6) is 0 Å². The van der Waals surface area contributed by atoms with Gasteiger partial charge in [0.25, 0.3) is 0 Å². The molecule has 0 amide bonds. The maximum Gasteiger partial charge on any atom is 0.326 e. The summed E-state index contributed by atoms with van der Waals surface area (Å²) in [6.45, 7) is 3.72. The van der Waals surface area contributed by atoms with Gasteiger partial charge in [-0.1, -0.05) is 13.8 Å². The number of pyridine rings is 1. The lowest BCUT2D eigenvalue weighted by Gasteiger charge is -2.18. The second-order valence-corrected chi connectivity index (χ2v) is 4.51. The molecular weight excluding hydrogens is 260 g/mol. The summed E-state index contributed by atoms with van der Waals surface area (Å²) in [5.74, 6) is -0.841. The van der Waals surface area contributed by atoms with Gasteiger partial charge in [-0.2, -0.15) is 0 Å². The van der Waals surface area contributed by atoms with Crippen LogP contribution in [0.3, 0.4) is 0 Å². The Bertz CT molecular complexity index is 355. The molecule has 0 saturated heterocycles. The van der Waals surface area contributed by atoms with Crippen molar-refractivity contribution in [3.8, 4) is 0 Å². The molecule has 2 N–H and O–H groups in total. The summed E-state index contributed by atoms with van der Waals surface area (Å²) in [6.07, 6.45) is 3.25. The van der Waals surface area contributed by atoms with Crippen LogP contribution < -0.4 is 5.32 Å². The smallest absolute Gasteiger partial charge is 0.326 e. The van der Waals surface area contributed by atoms with Crippen molar-refractivity contribution in [2.75, 3.05) is 5.32 Å². The van der Waals surface area contributed by atoms with Gasteiger partial charge in [0.2, 0.25) is 0 Å². The van der Waals surface area contributed by atoms with Crippen LogP contribution in [0.15, 0.2) is 22.9 Å².